The van der Waals surface area contributed by atoms with E-state index in [9.17, 15) is 8.42 Å². The monoisotopic (exact) mass is 294 g/mol. The number of hydrogen-bond acceptors (Lipinski definition) is 4. The summed E-state index contributed by atoms with van der Waals surface area (Å²) in [7, 11) is -3.57. The average molecular weight is 294 g/mol. The van der Waals surface area contributed by atoms with Gasteiger partial charge in [0.1, 0.15) is 16.4 Å². The fourth-order valence-corrected chi connectivity index (χ4v) is 3.04. The molecule has 0 spiro atoms. The number of benzene rings is 1. The average Bonchev–Trinajstić information content (AvgIpc) is 2.83. The lowest BCUT2D eigenvalue weighted by Gasteiger charge is -2.11. The predicted molar refractivity (Wildman–Crippen MR) is 78.1 cm³/mol. The molecule has 0 aliphatic carbocycles. The van der Waals surface area contributed by atoms with E-state index < -0.39 is 10.0 Å². The predicted octanol–water partition coefficient (Wildman–Crippen LogP) is 2.50. The van der Waals surface area contributed by atoms with Gasteiger partial charge in [-0.25, -0.2) is 13.1 Å². The molecule has 2 aromatic rings. The summed E-state index contributed by atoms with van der Waals surface area (Å²) < 4.78 is 32.5. The molecule has 1 aromatic carbocycles. The van der Waals surface area contributed by atoms with E-state index in [-0.39, 0.29) is 11.4 Å². The number of sulfonamides is 1. The number of anilines is 1. The van der Waals surface area contributed by atoms with Crippen molar-refractivity contribution in [1.82, 2.24) is 4.72 Å². The molecule has 1 aromatic heterocycles. The Labute approximate surface area is 119 Å². The van der Waals surface area contributed by atoms with Crippen LogP contribution in [0.25, 0.3) is 0 Å². The summed E-state index contributed by atoms with van der Waals surface area (Å²) in [6, 6.07) is 10.4. The van der Waals surface area contributed by atoms with Gasteiger partial charge in [-0.15, -0.1) is 0 Å². The third kappa shape index (κ3) is 3.40. The van der Waals surface area contributed by atoms with Gasteiger partial charge in [-0.05, 0) is 38.1 Å². The molecule has 0 amide bonds. The molecule has 0 aliphatic rings. The number of rotatable bonds is 6. The molecule has 2 rings (SSSR count). The maximum atomic E-state index is 12.3. The van der Waals surface area contributed by atoms with Crippen LogP contribution in [0.1, 0.15) is 18.4 Å². The van der Waals surface area contributed by atoms with E-state index in [4.69, 9.17) is 4.42 Å². The Morgan fingerprint density at radius 1 is 1.15 bits per heavy atom. The molecule has 5 nitrogen and oxygen atoms in total. The standard InChI is InChI=1S/C14H18N2O3S/c1-3-15-13-6-4-5-7-14(13)20(17,18)16-10-12-9-8-11(2)19-12/h4-9,15-16H,3,10H2,1-2H3. The summed E-state index contributed by atoms with van der Waals surface area (Å²) in [5, 5.41) is 3.04. The summed E-state index contributed by atoms with van der Waals surface area (Å²) in [5.41, 5.74) is 0.595. The second-order valence-corrected chi connectivity index (χ2v) is 6.10. The first-order valence-corrected chi connectivity index (χ1v) is 7.89. The molecular formula is C14H18N2O3S. The van der Waals surface area contributed by atoms with Gasteiger partial charge in [-0.3, -0.25) is 0 Å². The second kappa shape index (κ2) is 6.11. The summed E-state index contributed by atoms with van der Waals surface area (Å²) in [6.45, 7) is 4.53. The van der Waals surface area contributed by atoms with Crippen molar-refractivity contribution in [1.29, 1.82) is 0 Å². The van der Waals surface area contributed by atoms with Crippen molar-refractivity contribution in [2.75, 3.05) is 11.9 Å². The van der Waals surface area contributed by atoms with Gasteiger partial charge in [0.2, 0.25) is 10.0 Å². The third-order valence-corrected chi connectivity index (χ3v) is 4.24. The number of para-hydroxylation sites is 1. The van der Waals surface area contributed by atoms with Gasteiger partial charge >= 0.3 is 0 Å². The van der Waals surface area contributed by atoms with Crippen molar-refractivity contribution in [2.24, 2.45) is 0 Å². The van der Waals surface area contributed by atoms with Gasteiger partial charge in [0.05, 0.1) is 12.2 Å². The molecule has 2 N–H and O–H groups in total. The van der Waals surface area contributed by atoms with Crippen LogP contribution in [-0.2, 0) is 16.6 Å². The zero-order valence-corrected chi connectivity index (χ0v) is 12.3. The quantitative estimate of drug-likeness (QED) is 0.858. The number of furan rings is 1. The zero-order valence-electron chi connectivity index (χ0n) is 11.5. The highest BCUT2D eigenvalue weighted by Crippen LogP contribution is 2.20. The van der Waals surface area contributed by atoms with Crippen molar-refractivity contribution in [3.63, 3.8) is 0 Å². The highest BCUT2D eigenvalue weighted by Gasteiger charge is 2.18. The minimum Gasteiger partial charge on any atom is -0.465 e. The van der Waals surface area contributed by atoms with Crippen LogP contribution < -0.4 is 10.0 Å². The number of hydrogen-bond donors (Lipinski definition) is 2. The molecule has 20 heavy (non-hydrogen) atoms. The number of nitrogens with one attached hydrogen (secondary N) is 2. The first-order chi connectivity index (χ1) is 9.53. The molecule has 0 saturated heterocycles. The molecule has 0 bridgehead atoms. The van der Waals surface area contributed by atoms with Crippen LogP contribution in [-0.4, -0.2) is 15.0 Å². The van der Waals surface area contributed by atoms with E-state index in [1.807, 2.05) is 13.8 Å². The van der Waals surface area contributed by atoms with Crippen molar-refractivity contribution in [3.05, 3.63) is 47.9 Å². The minimum absolute atomic E-state index is 0.136. The van der Waals surface area contributed by atoms with Crippen molar-refractivity contribution < 1.29 is 12.8 Å². The van der Waals surface area contributed by atoms with Gasteiger partial charge in [0.15, 0.2) is 0 Å². The third-order valence-electron chi connectivity index (χ3n) is 2.78. The Morgan fingerprint density at radius 3 is 2.55 bits per heavy atom. The Hall–Kier alpha value is -1.79. The topological polar surface area (TPSA) is 71.3 Å². The van der Waals surface area contributed by atoms with E-state index in [0.717, 1.165) is 5.76 Å². The smallest absolute Gasteiger partial charge is 0.243 e. The first-order valence-electron chi connectivity index (χ1n) is 6.41. The van der Waals surface area contributed by atoms with Crippen LogP contribution in [0.2, 0.25) is 0 Å². The summed E-state index contributed by atoms with van der Waals surface area (Å²) in [4.78, 5) is 0.241. The highest BCUT2D eigenvalue weighted by atomic mass is 32.2. The van der Waals surface area contributed by atoms with E-state index in [0.29, 0.717) is 18.0 Å². The molecule has 1 heterocycles. The molecule has 0 aliphatic heterocycles. The summed E-state index contributed by atoms with van der Waals surface area (Å²) in [5.74, 6) is 1.35. The lowest BCUT2D eigenvalue weighted by atomic mass is 10.3. The Morgan fingerprint density at radius 2 is 1.90 bits per heavy atom. The highest BCUT2D eigenvalue weighted by molar-refractivity contribution is 7.89. The lowest BCUT2D eigenvalue weighted by molar-refractivity contribution is 0.475. The molecule has 0 saturated carbocycles. The maximum absolute atomic E-state index is 12.3. The Kier molecular flexibility index (Phi) is 4.46. The van der Waals surface area contributed by atoms with Crippen LogP contribution in [0.15, 0.2) is 45.7 Å². The number of aryl methyl sites for hydroxylation is 1. The fourth-order valence-electron chi connectivity index (χ4n) is 1.86. The van der Waals surface area contributed by atoms with Gasteiger partial charge in [0, 0.05) is 6.54 Å². The normalized spacial score (nSPS) is 11.5. The summed E-state index contributed by atoms with van der Waals surface area (Å²) >= 11 is 0. The lowest BCUT2D eigenvalue weighted by Crippen LogP contribution is -2.24. The van der Waals surface area contributed by atoms with Crippen LogP contribution >= 0.6 is 0 Å². The second-order valence-electron chi connectivity index (χ2n) is 4.36. The Balaban J connectivity index is 2.18. The van der Waals surface area contributed by atoms with Crippen LogP contribution in [0, 0.1) is 6.92 Å². The van der Waals surface area contributed by atoms with Gasteiger partial charge in [-0.2, -0.15) is 0 Å². The summed E-state index contributed by atoms with van der Waals surface area (Å²) in [6.07, 6.45) is 0. The van der Waals surface area contributed by atoms with Crippen molar-refractivity contribution in [3.8, 4) is 0 Å². The first kappa shape index (κ1) is 14.6. The SMILES string of the molecule is CCNc1ccccc1S(=O)(=O)NCc1ccc(C)o1. The van der Waals surface area contributed by atoms with E-state index >= 15 is 0 Å². The molecule has 0 unspecified atom stereocenters. The molecule has 0 radical (unpaired) electrons. The van der Waals surface area contributed by atoms with Crippen LogP contribution in [0.3, 0.4) is 0 Å². The minimum atomic E-state index is -3.57. The van der Waals surface area contributed by atoms with Crippen LogP contribution in [0.5, 0.6) is 0 Å². The molecule has 108 valence electrons. The van der Waals surface area contributed by atoms with Gasteiger partial charge in [0.25, 0.3) is 0 Å². The van der Waals surface area contributed by atoms with Crippen molar-refractivity contribution >= 4 is 15.7 Å². The molecule has 6 heteroatoms. The van der Waals surface area contributed by atoms with E-state index in [2.05, 4.69) is 10.0 Å². The molecular weight excluding hydrogens is 276 g/mol. The van der Waals surface area contributed by atoms with Gasteiger partial charge in [-0.1, -0.05) is 12.1 Å². The van der Waals surface area contributed by atoms with E-state index in [1.54, 1.807) is 36.4 Å². The maximum Gasteiger partial charge on any atom is 0.243 e. The molecule has 0 fully saturated rings. The zero-order chi connectivity index (χ0) is 14.6. The fraction of sp³-hybridized carbons (Fsp3) is 0.286. The van der Waals surface area contributed by atoms with Gasteiger partial charge < -0.3 is 9.73 Å². The largest absolute Gasteiger partial charge is 0.465 e. The van der Waals surface area contributed by atoms with Crippen molar-refractivity contribution in [2.45, 2.75) is 25.3 Å². The van der Waals surface area contributed by atoms with E-state index in [1.165, 1.54) is 0 Å². The molecule has 0 atom stereocenters. The Bertz CT molecular complexity index is 677. The van der Waals surface area contributed by atoms with Crippen LogP contribution in [0.4, 0.5) is 5.69 Å².